The second-order valence-corrected chi connectivity index (χ2v) is 6.74. The van der Waals surface area contributed by atoms with Crippen molar-refractivity contribution >= 4 is 8.80 Å². The molecule has 6 heteroatoms. The number of rotatable bonds is 7. The first kappa shape index (κ1) is 15.2. The van der Waals surface area contributed by atoms with Crippen molar-refractivity contribution < 1.29 is 22.1 Å². The molecular weight excluding hydrogens is 258 g/mol. The van der Waals surface area contributed by atoms with Crippen molar-refractivity contribution in [2.45, 2.75) is 19.4 Å². The third-order valence-corrected chi connectivity index (χ3v) is 5.53. The van der Waals surface area contributed by atoms with Crippen LogP contribution in [0.2, 0.25) is 6.04 Å². The molecule has 0 N–H and O–H groups in total. The molecule has 0 aliphatic heterocycles. The molecule has 0 bridgehead atoms. The van der Waals surface area contributed by atoms with Crippen LogP contribution in [0.3, 0.4) is 0 Å². The summed E-state index contributed by atoms with van der Waals surface area (Å²) in [5.41, 5.74) is 0.694. The van der Waals surface area contributed by atoms with Gasteiger partial charge in [-0.3, -0.25) is 0 Å². The lowest BCUT2D eigenvalue weighted by Crippen LogP contribution is -2.44. The summed E-state index contributed by atoms with van der Waals surface area (Å²) >= 11 is 0. The van der Waals surface area contributed by atoms with E-state index < -0.39 is 20.4 Å². The van der Waals surface area contributed by atoms with Crippen LogP contribution in [-0.4, -0.2) is 29.6 Å². The molecule has 0 aromatic heterocycles. The van der Waals surface area contributed by atoms with Crippen LogP contribution in [0.5, 0.6) is 0 Å². The molecule has 3 nitrogen and oxygen atoms in total. The molecule has 0 heterocycles. The standard InChI is InChI=1S/C12H18F2O3Si/c1-4-17-18(15-2,16-3)8-7-10-5-6-11(13)12(14)9-10/h5-6,9H,4,7-8H2,1-3H3. The summed E-state index contributed by atoms with van der Waals surface area (Å²) in [7, 11) is 0.403. The van der Waals surface area contributed by atoms with E-state index in [9.17, 15) is 8.78 Å². The van der Waals surface area contributed by atoms with Gasteiger partial charge in [-0.1, -0.05) is 6.07 Å². The molecule has 1 aromatic carbocycles. The molecule has 1 aromatic rings. The van der Waals surface area contributed by atoms with Gasteiger partial charge in [-0.25, -0.2) is 8.78 Å². The largest absolute Gasteiger partial charge is 0.500 e. The Morgan fingerprint density at radius 3 is 2.28 bits per heavy atom. The van der Waals surface area contributed by atoms with Crippen molar-refractivity contribution in [2.75, 3.05) is 20.8 Å². The molecule has 0 aliphatic carbocycles. The Morgan fingerprint density at radius 1 is 1.11 bits per heavy atom. The van der Waals surface area contributed by atoms with Crippen LogP contribution < -0.4 is 0 Å². The summed E-state index contributed by atoms with van der Waals surface area (Å²) in [6.07, 6.45) is 0.519. The number of hydrogen-bond acceptors (Lipinski definition) is 3. The molecule has 18 heavy (non-hydrogen) atoms. The molecular formula is C12H18F2O3Si. The van der Waals surface area contributed by atoms with Gasteiger partial charge in [0.15, 0.2) is 11.6 Å². The van der Waals surface area contributed by atoms with Crippen LogP contribution >= 0.6 is 0 Å². The smallest absolute Gasteiger partial charge is 0.377 e. The van der Waals surface area contributed by atoms with Gasteiger partial charge in [0, 0.05) is 26.9 Å². The number of benzene rings is 1. The first-order valence-corrected chi connectivity index (χ1v) is 7.68. The lowest BCUT2D eigenvalue weighted by molar-refractivity contribution is 0.104. The van der Waals surface area contributed by atoms with E-state index in [1.807, 2.05) is 6.92 Å². The van der Waals surface area contributed by atoms with E-state index in [1.54, 1.807) is 6.07 Å². The molecule has 1 rings (SSSR count). The second-order valence-electron chi connectivity index (χ2n) is 3.77. The maximum absolute atomic E-state index is 13.1. The molecule has 0 amide bonds. The van der Waals surface area contributed by atoms with E-state index in [0.29, 0.717) is 24.6 Å². The van der Waals surface area contributed by atoms with Gasteiger partial charge < -0.3 is 13.3 Å². The van der Waals surface area contributed by atoms with E-state index in [-0.39, 0.29) is 0 Å². The SMILES string of the molecule is CCO[Si](CCc1ccc(F)c(F)c1)(OC)OC. The van der Waals surface area contributed by atoms with Crippen LogP contribution in [0, 0.1) is 11.6 Å². The highest BCUT2D eigenvalue weighted by molar-refractivity contribution is 6.60. The monoisotopic (exact) mass is 276 g/mol. The summed E-state index contributed by atoms with van der Waals surface area (Å²) < 4.78 is 42.0. The predicted octanol–water partition coefficient (Wildman–Crippen LogP) is 2.78. The third-order valence-electron chi connectivity index (χ3n) is 2.69. The molecule has 0 saturated carbocycles. The van der Waals surface area contributed by atoms with Gasteiger partial charge in [0.25, 0.3) is 0 Å². The van der Waals surface area contributed by atoms with Gasteiger partial charge in [-0.05, 0) is 31.0 Å². The van der Waals surface area contributed by atoms with E-state index in [1.165, 1.54) is 20.3 Å². The van der Waals surface area contributed by atoms with Crippen LogP contribution in [0.25, 0.3) is 0 Å². The zero-order valence-corrected chi connectivity index (χ0v) is 11.8. The van der Waals surface area contributed by atoms with Crippen molar-refractivity contribution in [3.05, 3.63) is 35.4 Å². The summed E-state index contributed by atoms with van der Waals surface area (Å²) in [6.45, 7) is 2.35. The van der Waals surface area contributed by atoms with E-state index in [4.69, 9.17) is 13.3 Å². The Bertz CT molecular complexity index is 384. The Balaban J connectivity index is 2.69. The van der Waals surface area contributed by atoms with Crippen LogP contribution in [-0.2, 0) is 19.7 Å². The van der Waals surface area contributed by atoms with Gasteiger partial charge in [0.1, 0.15) is 0 Å². The lowest BCUT2D eigenvalue weighted by atomic mass is 10.2. The second kappa shape index (κ2) is 6.94. The van der Waals surface area contributed by atoms with Crippen molar-refractivity contribution in [3.8, 4) is 0 Å². The van der Waals surface area contributed by atoms with Crippen molar-refractivity contribution in [1.29, 1.82) is 0 Å². The number of hydrogen-bond donors (Lipinski definition) is 0. The molecule has 0 fully saturated rings. The summed E-state index contributed by atoms with van der Waals surface area (Å²) in [5, 5.41) is 0. The Kier molecular flexibility index (Phi) is 5.87. The molecule has 0 unspecified atom stereocenters. The highest BCUT2D eigenvalue weighted by Crippen LogP contribution is 2.18. The first-order valence-electron chi connectivity index (χ1n) is 5.75. The summed E-state index contributed by atoms with van der Waals surface area (Å²) in [4.78, 5) is 0. The van der Waals surface area contributed by atoms with Crippen LogP contribution in [0.1, 0.15) is 12.5 Å². The quantitative estimate of drug-likeness (QED) is 0.717. The van der Waals surface area contributed by atoms with Crippen molar-refractivity contribution in [1.82, 2.24) is 0 Å². The van der Waals surface area contributed by atoms with E-state index in [2.05, 4.69) is 0 Å². The Labute approximate surface area is 107 Å². The topological polar surface area (TPSA) is 27.7 Å². The van der Waals surface area contributed by atoms with Gasteiger partial charge in [0.05, 0.1) is 0 Å². The van der Waals surface area contributed by atoms with Gasteiger partial charge in [-0.15, -0.1) is 0 Å². The molecule has 0 spiro atoms. The van der Waals surface area contributed by atoms with E-state index >= 15 is 0 Å². The molecule has 0 saturated heterocycles. The number of halogens is 2. The minimum atomic E-state index is -2.67. The molecule has 102 valence electrons. The van der Waals surface area contributed by atoms with Gasteiger partial charge in [-0.2, -0.15) is 0 Å². The minimum absolute atomic E-state index is 0.492. The number of aryl methyl sites for hydroxylation is 1. The Hall–Kier alpha value is -0.823. The molecule has 0 atom stereocenters. The highest BCUT2D eigenvalue weighted by Gasteiger charge is 2.38. The van der Waals surface area contributed by atoms with Crippen molar-refractivity contribution in [2.24, 2.45) is 0 Å². The minimum Gasteiger partial charge on any atom is -0.377 e. The molecule has 0 radical (unpaired) electrons. The third kappa shape index (κ3) is 3.84. The summed E-state index contributed by atoms with van der Waals surface area (Å²) in [6, 6.07) is 4.38. The Morgan fingerprint density at radius 2 is 1.78 bits per heavy atom. The maximum atomic E-state index is 13.1. The van der Waals surface area contributed by atoms with E-state index in [0.717, 1.165) is 6.07 Å². The molecule has 0 aliphatic rings. The van der Waals surface area contributed by atoms with Gasteiger partial charge in [0.2, 0.25) is 0 Å². The maximum Gasteiger partial charge on any atom is 0.500 e. The normalized spacial score (nSPS) is 11.8. The van der Waals surface area contributed by atoms with Crippen LogP contribution in [0.15, 0.2) is 18.2 Å². The fraction of sp³-hybridized carbons (Fsp3) is 0.500. The highest BCUT2D eigenvalue weighted by atomic mass is 28.4. The fourth-order valence-electron chi connectivity index (χ4n) is 1.69. The fourth-order valence-corrected chi connectivity index (χ4v) is 3.68. The first-order chi connectivity index (χ1) is 8.56. The average Bonchev–Trinajstić information content (AvgIpc) is 2.38. The zero-order chi connectivity index (χ0) is 13.6. The zero-order valence-electron chi connectivity index (χ0n) is 10.8. The predicted molar refractivity (Wildman–Crippen MR) is 66.3 cm³/mol. The lowest BCUT2D eigenvalue weighted by Gasteiger charge is -2.25. The van der Waals surface area contributed by atoms with Gasteiger partial charge >= 0.3 is 8.80 Å². The van der Waals surface area contributed by atoms with Crippen LogP contribution in [0.4, 0.5) is 8.78 Å². The average molecular weight is 276 g/mol. The van der Waals surface area contributed by atoms with Crippen molar-refractivity contribution in [3.63, 3.8) is 0 Å². The summed E-state index contributed by atoms with van der Waals surface area (Å²) in [5.74, 6) is -1.68.